The van der Waals surface area contributed by atoms with Gasteiger partial charge in [0.1, 0.15) is 0 Å². The molecule has 0 aliphatic heterocycles. The normalized spacial score (nSPS) is 12.0. The molecule has 0 spiro atoms. The highest BCUT2D eigenvalue weighted by molar-refractivity contribution is 7.84. The topological polar surface area (TPSA) is 51.1 Å². The van der Waals surface area contributed by atoms with Gasteiger partial charge in [0.15, 0.2) is 0 Å². The molecule has 128 valence electrons. The van der Waals surface area contributed by atoms with E-state index in [1.54, 1.807) is 30.5 Å². The smallest absolute Gasteiger partial charge is 0.255 e. The molecule has 0 radical (unpaired) electrons. The second-order valence-electron chi connectivity index (χ2n) is 5.93. The van der Waals surface area contributed by atoms with Crippen molar-refractivity contribution in [3.8, 4) is 5.69 Å². The Labute approximate surface area is 150 Å². The minimum absolute atomic E-state index is 0.188. The third-order valence-corrected chi connectivity index (χ3v) is 5.00. The molecule has 2 aromatic carbocycles. The summed E-state index contributed by atoms with van der Waals surface area (Å²) in [7, 11) is -1.08. The molecule has 1 N–H and O–H groups in total. The number of amides is 1. The number of carbonyl (C=O) groups is 1. The van der Waals surface area contributed by atoms with E-state index in [0.29, 0.717) is 16.1 Å². The van der Waals surface area contributed by atoms with E-state index in [1.165, 1.54) is 0 Å². The summed E-state index contributed by atoms with van der Waals surface area (Å²) in [5.74, 6) is -0.188. The zero-order valence-corrected chi connectivity index (χ0v) is 15.3. The number of nitrogens with one attached hydrogen (secondary N) is 1. The van der Waals surface area contributed by atoms with Gasteiger partial charge >= 0.3 is 0 Å². The molecule has 1 atom stereocenters. The van der Waals surface area contributed by atoms with Crippen molar-refractivity contribution >= 4 is 22.4 Å². The summed E-state index contributed by atoms with van der Waals surface area (Å²) >= 11 is 0. The van der Waals surface area contributed by atoms with Crippen LogP contribution in [0.4, 0.5) is 5.69 Å². The van der Waals surface area contributed by atoms with Gasteiger partial charge in [-0.25, -0.2) is 0 Å². The number of carbonyl (C=O) groups excluding carboxylic acids is 1. The third kappa shape index (κ3) is 3.72. The fourth-order valence-electron chi connectivity index (χ4n) is 2.79. The molecule has 0 aliphatic carbocycles. The Morgan fingerprint density at radius 3 is 2.20 bits per heavy atom. The van der Waals surface area contributed by atoms with E-state index >= 15 is 0 Å². The van der Waals surface area contributed by atoms with E-state index < -0.39 is 10.8 Å². The number of aromatic nitrogens is 1. The highest BCUT2D eigenvalue weighted by Gasteiger charge is 2.09. The predicted molar refractivity (Wildman–Crippen MR) is 102 cm³/mol. The first kappa shape index (κ1) is 17.2. The molecule has 1 heterocycles. The lowest BCUT2D eigenvalue weighted by Gasteiger charge is -2.11. The number of rotatable bonds is 4. The SMILES string of the molecule is Cc1ccc(C)n1-c1ccc(C(=O)Nc2cccc(S(C)=O)c2)cc1. The largest absolute Gasteiger partial charge is 0.322 e. The van der Waals surface area contributed by atoms with E-state index in [2.05, 4.69) is 35.9 Å². The van der Waals surface area contributed by atoms with Crippen LogP contribution in [0.15, 0.2) is 65.6 Å². The van der Waals surface area contributed by atoms with Gasteiger partial charge in [-0.3, -0.25) is 9.00 Å². The van der Waals surface area contributed by atoms with Crippen LogP contribution in [-0.4, -0.2) is 20.9 Å². The molecule has 3 aromatic rings. The number of hydrogen-bond donors (Lipinski definition) is 1. The second-order valence-corrected chi connectivity index (χ2v) is 7.31. The van der Waals surface area contributed by atoms with Gasteiger partial charge in [-0.05, 0) is 68.4 Å². The maximum absolute atomic E-state index is 12.4. The average Bonchev–Trinajstić information content (AvgIpc) is 2.94. The molecule has 0 saturated carbocycles. The molecule has 5 heteroatoms. The number of nitrogens with zero attached hydrogens (tertiary/aromatic N) is 1. The van der Waals surface area contributed by atoms with Crippen molar-refractivity contribution in [3.05, 3.63) is 77.6 Å². The highest BCUT2D eigenvalue weighted by Crippen LogP contribution is 2.18. The standard InChI is InChI=1S/C20H20N2O2S/c1-14-7-8-15(2)22(14)18-11-9-16(10-12-18)20(23)21-17-5-4-6-19(13-17)25(3)24/h4-13H,1-3H3,(H,21,23). The molecule has 25 heavy (non-hydrogen) atoms. The fraction of sp³-hybridized carbons (Fsp3) is 0.150. The van der Waals surface area contributed by atoms with Crippen molar-refractivity contribution in [2.24, 2.45) is 0 Å². The molecule has 1 unspecified atom stereocenters. The van der Waals surface area contributed by atoms with Gasteiger partial charge in [0.25, 0.3) is 5.91 Å². The van der Waals surface area contributed by atoms with Gasteiger partial charge in [0.05, 0.1) is 0 Å². The quantitative estimate of drug-likeness (QED) is 0.769. The van der Waals surface area contributed by atoms with Crippen molar-refractivity contribution < 1.29 is 9.00 Å². The van der Waals surface area contributed by atoms with Crippen molar-refractivity contribution in [1.29, 1.82) is 0 Å². The molecule has 3 rings (SSSR count). The third-order valence-electron chi connectivity index (χ3n) is 4.08. The Bertz CT molecular complexity index is 923. The Morgan fingerprint density at radius 1 is 0.960 bits per heavy atom. The molecule has 1 aromatic heterocycles. The Balaban J connectivity index is 1.79. The molecule has 0 aliphatic rings. The summed E-state index contributed by atoms with van der Waals surface area (Å²) in [5.41, 5.74) is 4.55. The van der Waals surface area contributed by atoms with E-state index in [-0.39, 0.29) is 5.91 Å². The highest BCUT2D eigenvalue weighted by atomic mass is 32.2. The van der Waals surface area contributed by atoms with Gasteiger partial charge < -0.3 is 9.88 Å². The Kier molecular flexibility index (Phi) is 4.86. The van der Waals surface area contributed by atoms with Crippen LogP contribution in [0.2, 0.25) is 0 Å². The average molecular weight is 352 g/mol. The number of anilines is 1. The lowest BCUT2D eigenvalue weighted by atomic mass is 10.2. The summed E-state index contributed by atoms with van der Waals surface area (Å²) in [4.78, 5) is 13.1. The molecule has 0 bridgehead atoms. The van der Waals surface area contributed by atoms with Gasteiger partial charge in [0, 0.05) is 50.3 Å². The summed E-state index contributed by atoms with van der Waals surface area (Å²) in [6.45, 7) is 4.11. The minimum Gasteiger partial charge on any atom is -0.322 e. The zero-order valence-electron chi connectivity index (χ0n) is 14.4. The minimum atomic E-state index is -1.08. The molecule has 0 saturated heterocycles. The van der Waals surface area contributed by atoms with Crippen molar-refractivity contribution in [2.45, 2.75) is 18.7 Å². The maximum atomic E-state index is 12.4. The van der Waals surface area contributed by atoms with Crippen molar-refractivity contribution in [2.75, 3.05) is 11.6 Å². The van der Waals surface area contributed by atoms with Crippen molar-refractivity contribution in [1.82, 2.24) is 4.57 Å². The van der Waals surface area contributed by atoms with Crippen LogP contribution < -0.4 is 5.32 Å². The maximum Gasteiger partial charge on any atom is 0.255 e. The van der Waals surface area contributed by atoms with Crippen LogP contribution >= 0.6 is 0 Å². The number of aryl methyl sites for hydroxylation is 2. The van der Waals surface area contributed by atoms with E-state index in [0.717, 1.165) is 17.1 Å². The summed E-state index contributed by atoms with van der Waals surface area (Å²) in [5, 5.41) is 2.85. The second kappa shape index (κ2) is 7.07. The van der Waals surface area contributed by atoms with Crippen LogP contribution in [-0.2, 0) is 10.8 Å². The summed E-state index contributed by atoms with van der Waals surface area (Å²) < 4.78 is 13.7. The molecular formula is C20H20N2O2S. The van der Waals surface area contributed by atoms with E-state index in [4.69, 9.17) is 0 Å². The fourth-order valence-corrected chi connectivity index (χ4v) is 3.36. The first-order valence-corrected chi connectivity index (χ1v) is 9.52. The number of hydrogen-bond acceptors (Lipinski definition) is 2. The lowest BCUT2D eigenvalue weighted by Crippen LogP contribution is -2.12. The zero-order chi connectivity index (χ0) is 18.0. The lowest BCUT2D eigenvalue weighted by molar-refractivity contribution is 0.102. The summed E-state index contributed by atoms with van der Waals surface area (Å²) in [6.07, 6.45) is 1.62. The van der Waals surface area contributed by atoms with Gasteiger partial charge in [-0.2, -0.15) is 0 Å². The monoisotopic (exact) mass is 352 g/mol. The molecule has 1 amide bonds. The van der Waals surface area contributed by atoms with Crippen LogP contribution in [0.25, 0.3) is 5.69 Å². The first-order chi connectivity index (χ1) is 12.0. The van der Waals surface area contributed by atoms with Crippen molar-refractivity contribution in [3.63, 3.8) is 0 Å². The van der Waals surface area contributed by atoms with Crippen LogP contribution in [0.5, 0.6) is 0 Å². The Morgan fingerprint density at radius 2 is 1.60 bits per heavy atom. The number of benzene rings is 2. The van der Waals surface area contributed by atoms with Crippen LogP contribution in [0.3, 0.4) is 0 Å². The van der Waals surface area contributed by atoms with Gasteiger partial charge in [-0.1, -0.05) is 6.07 Å². The van der Waals surface area contributed by atoms with E-state index in [1.807, 2.05) is 24.3 Å². The van der Waals surface area contributed by atoms with Gasteiger partial charge in [-0.15, -0.1) is 0 Å². The summed E-state index contributed by atoms with van der Waals surface area (Å²) in [6, 6.07) is 18.7. The Hall–Kier alpha value is -2.66. The molecule has 0 fully saturated rings. The predicted octanol–water partition coefficient (Wildman–Crippen LogP) is 4.08. The van der Waals surface area contributed by atoms with E-state index in [9.17, 15) is 9.00 Å². The van der Waals surface area contributed by atoms with Crippen LogP contribution in [0, 0.1) is 13.8 Å². The van der Waals surface area contributed by atoms with Crippen LogP contribution in [0.1, 0.15) is 21.7 Å². The first-order valence-electron chi connectivity index (χ1n) is 7.96. The molecule has 4 nitrogen and oxygen atoms in total. The van der Waals surface area contributed by atoms with Gasteiger partial charge in [0.2, 0.25) is 0 Å². The molecular weight excluding hydrogens is 332 g/mol.